The zero-order valence-electron chi connectivity index (χ0n) is 18.9. The van der Waals surface area contributed by atoms with E-state index < -0.39 is 0 Å². The van der Waals surface area contributed by atoms with Crippen LogP contribution in [0.1, 0.15) is 12.5 Å². The van der Waals surface area contributed by atoms with Crippen LogP contribution < -0.4 is 14.2 Å². The molecule has 3 aromatic rings. The van der Waals surface area contributed by atoms with Crippen LogP contribution >= 0.6 is 0 Å². The molecule has 0 N–H and O–H groups in total. The van der Waals surface area contributed by atoms with Gasteiger partial charge in [-0.3, -0.25) is 0 Å². The molecule has 0 amide bonds. The fourth-order valence-electron chi connectivity index (χ4n) is 4.19. The van der Waals surface area contributed by atoms with Crippen LogP contribution in [0.25, 0.3) is 33.4 Å². The van der Waals surface area contributed by atoms with E-state index in [1.54, 1.807) is 14.2 Å². The zero-order chi connectivity index (χ0) is 22.8. The maximum absolute atomic E-state index is 5.78. The first-order valence-electron chi connectivity index (χ1n) is 10.9. The third-order valence-corrected chi connectivity index (χ3v) is 5.79. The summed E-state index contributed by atoms with van der Waals surface area (Å²) in [5.74, 6) is 2.48. The highest BCUT2D eigenvalue weighted by atomic mass is 16.5. The Hall–Kier alpha value is -4.06. The lowest BCUT2D eigenvalue weighted by Crippen LogP contribution is -2.05. The Balaban J connectivity index is 1.71. The normalized spacial score (nSPS) is 11.1. The summed E-state index contributed by atoms with van der Waals surface area (Å²) < 4.78 is 18.9. The van der Waals surface area contributed by atoms with Crippen LogP contribution in [0.15, 0.2) is 72.9 Å². The second-order valence-corrected chi connectivity index (χ2v) is 7.72. The third kappa shape index (κ3) is 3.84. The summed E-state index contributed by atoms with van der Waals surface area (Å²) in [6.45, 7) is 3.24. The van der Waals surface area contributed by atoms with Crippen molar-refractivity contribution in [3.8, 4) is 39.8 Å². The van der Waals surface area contributed by atoms with Crippen molar-refractivity contribution in [3.63, 3.8) is 0 Å². The van der Waals surface area contributed by atoms with Crippen LogP contribution in [0.3, 0.4) is 0 Å². The number of hydrogen-bond acceptors (Lipinski definition) is 5. The van der Waals surface area contributed by atoms with Gasteiger partial charge >= 0.3 is 0 Å². The number of hydrogen-bond donors (Lipinski definition) is 0. The lowest BCUT2D eigenvalue weighted by molar-refractivity contribution is 0.340. The summed E-state index contributed by atoms with van der Waals surface area (Å²) in [6, 6.07) is 22.1. The fraction of sp³-hybridized carbons (Fsp3) is 0.185. The number of fused-ring (bicyclic) bond motifs is 3. The Morgan fingerprint density at radius 2 is 1.58 bits per heavy atom. The molecule has 0 aromatic heterocycles. The number of aromatic nitrogens is 3. The van der Waals surface area contributed by atoms with Gasteiger partial charge in [0.1, 0.15) is 28.6 Å². The Morgan fingerprint density at radius 1 is 0.818 bits per heavy atom. The van der Waals surface area contributed by atoms with Crippen molar-refractivity contribution in [3.05, 3.63) is 78.5 Å². The lowest BCUT2D eigenvalue weighted by Gasteiger charge is -2.17. The van der Waals surface area contributed by atoms with Crippen LogP contribution in [-0.2, 0) is 6.54 Å². The molecule has 0 atom stereocenters. The minimum atomic E-state index is 0.604. The van der Waals surface area contributed by atoms with Crippen LogP contribution in [0.2, 0.25) is 0 Å². The van der Waals surface area contributed by atoms with E-state index in [1.165, 1.54) is 0 Å². The molecule has 0 aliphatic carbocycles. The van der Waals surface area contributed by atoms with Crippen molar-refractivity contribution >= 4 is 10.9 Å². The van der Waals surface area contributed by atoms with E-state index >= 15 is 0 Å². The quantitative estimate of drug-likeness (QED) is 0.327. The molecule has 33 heavy (non-hydrogen) atoms. The monoisotopic (exact) mass is 439 g/mol. The number of para-hydroxylation sites is 1. The van der Waals surface area contributed by atoms with Gasteiger partial charge in [0.25, 0.3) is 0 Å². The molecule has 2 aliphatic heterocycles. The van der Waals surface area contributed by atoms with Gasteiger partial charge in [0, 0.05) is 28.3 Å². The maximum atomic E-state index is 5.78. The highest BCUT2D eigenvalue weighted by molar-refractivity contribution is 5.98. The first kappa shape index (κ1) is 20.8. The molecule has 0 saturated heterocycles. The Kier molecular flexibility index (Phi) is 5.57. The molecule has 0 saturated carbocycles. The molecular formula is C27H25N3O3. The van der Waals surface area contributed by atoms with E-state index in [0.717, 1.165) is 56.2 Å². The summed E-state index contributed by atoms with van der Waals surface area (Å²) in [5.41, 5.74) is 5.81. The molecular weight excluding hydrogens is 414 g/mol. The van der Waals surface area contributed by atoms with Gasteiger partial charge in [-0.2, -0.15) is 0 Å². The van der Waals surface area contributed by atoms with Gasteiger partial charge in [0.15, 0.2) is 0 Å². The zero-order valence-corrected chi connectivity index (χ0v) is 18.9. The van der Waals surface area contributed by atoms with Crippen molar-refractivity contribution in [1.29, 1.82) is 0 Å². The van der Waals surface area contributed by atoms with Crippen LogP contribution in [0, 0.1) is 0 Å². The Morgan fingerprint density at radius 3 is 2.33 bits per heavy atom. The molecule has 0 unspecified atom stereocenters. The van der Waals surface area contributed by atoms with E-state index in [2.05, 4.69) is 33.1 Å². The first-order chi connectivity index (χ1) is 16.2. The largest absolute Gasteiger partial charge is 0.497 e. The molecule has 166 valence electrons. The van der Waals surface area contributed by atoms with E-state index in [1.807, 2.05) is 61.5 Å². The fourth-order valence-corrected chi connectivity index (χ4v) is 4.19. The van der Waals surface area contributed by atoms with Crippen molar-refractivity contribution < 1.29 is 14.2 Å². The minimum Gasteiger partial charge on any atom is -0.497 e. The first-order valence-corrected chi connectivity index (χ1v) is 10.9. The van der Waals surface area contributed by atoms with Crippen molar-refractivity contribution in [2.45, 2.75) is 13.5 Å². The number of nitrogens with zero attached hydrogens (tertiary/aromatic N) is 3. The Labute approximate surface area is 192 Å². The number of pyridine rings is 1. The molecule has 0 spiro atoms. The van der Waals surface area contributed by atoms with Gasteiger partial charge in [0.2, 0.25) is 0 Å². The molecule has 0 radical (unpaired) electrons. The standard InChI is InChI=1S/C27H25N3O3/c1-4-33-21-13-14-24-22(15-21)27-23(17-30(24)16-19-7-5-6-8-25(19)32-3)26(28-29-27)18-9-11-20(31-2)12-10-18/h5-15,17H,4,16H2,1-3H3. The average molecular weight is 440 g/mol. The molecule has 6 nitrogen and oxygen atoms in total. The molecule has 0 fully saturated rings. The van der Waals surface area contributed by atoms with Crippen molar-refractivity contribution in [2.75, 3.05) is 20.8 Å². The maximum Gasteiger partial charge on any atom is 0.123 e. The van der Waals surface area contributed by atoms with Crippen molar-refractivity contribution in [1.82, 2.24) is 14.8 Å². The number of methoxy groups -OCH3 is 2. The summed E-state index contributed by atoms with van der Waals surface area (Å²) >= 11 is 0. The van der Waals surface area contributed by atoms with Gasteiger partial charge in [-0.15, -0.1) is 10.2 Å². The van der Waals surface area contributed by atoms with E-state index in [4.69, 9.17) is 14.2 Å². The molecule has 2 aliphatic rings. The Bertz CT molecular complexity index is 1380. The number of ether oxygens (including phenoxy) is 3. The molecule has 2 heterocycles. The number of benzene rings is 3. The molecule has 5 rings (SSSR count). The van der Waals surface area contributed by atoms with Crippen LogP contribution in [0.5, 0.6) is 17.2 Å². The van der Waals surface area contributed by atoms with E-state index in [-0.39, 0.29) is 0 Å². The summed E-state index contributed by atoms with van der Waals surface area (Å²) in [4.78, 5) is 0. The minimum absolute atomic E-state index is 0.604. The highest BCUT2D eigenvalue weighted by Crippen LogP contribution is 2.38. The SMILES string of the molecule is CCOc1ccc2c(c1)c1nnc(-c3ccc(OC)cc3)c-1cn2Cc1ccccc1OC. The predicted molar refractivity (Wildman–Crippen MR) is 129 cm³/mol. The molecule has 0 bridgehead atoms. The smallest absolute Gasteiger partial charge is 0.123 e. The molecule has 3 aromatic carbocycles. The van der Waals surface area contributed by atoms with Crippen LogP contribution in [-0.4, -0.2) is 35.6 Å². The lowest BCUT2D eigenvalue weighted by atomic mass is 10.0. The van der Waals surface area contributed by atoms with Gasteiger partial charge in [-0.25, -0.2) is 0 Å². The third-order valence-electron chi connectivity index (χ3n) is 5.79. The summed E-state index contributed by atoms with van der Waals surface area (Å²) in [6.07, 6.45) is 2.13. The summed E-state index contributed by atoms with van der Waals surface area (Å²) in [7, 11) is 3.36. The second-order valence-electron chi connectivity index (χ2n) is 7.72. The van der Waals surface area contributed by atoms with Gasteiger partial charge in [-0.05, 0) is 55.5 Å². The number of rotatable bonds is 7. The van der Waals surface area contributed by atoms with Gasteiger partial charge in [0.05, 0.1) is 32.9 Å². The molecule has 6 heteroatoms. The van der Waals surface area contributed by atoms with Gasteiger partial charge < -0.3 is 18.8 Å². The van der Waals surface area contributed by atoms with Crippen LogP contribution in [0.4, 0.5) is 0 Å². The topological polar surface area (TPSA) is 58.4 Å². The van der Waals surface area contributed by atoms with E-state index in [0.29, 0.717) is 13.2 Å². The summed E-state index contributed by atoms with van der Waals surface area (Å²) in [5, 5.41) is 10.1. The highest BCUT2D eigenvalue weighted by Gasteiger charge is 2.21. The van der Waals surface area contributed by atoms with E-state index in [9.17, 15) is 0 Å². The predicted octanol–water partition coefficient (Wildman–Crippen LogP) is 5.67. The average Bonchev–Trinajstić information content (AvgIpc) is 3.29. The second kappa shape index (κ2) is 8.82. The van der Waals surface area contributed by atoms with Crippen molar-refractivity contribution in [2.24, 2.45) is 0 Å². The van der Waals surface area contributed by atoms with Gasteiger partial charge in [-0.1, -0.05) is 18.2 Å².